The summed E-state index contributed by atoms with van der Waals surface area (Å²) >= 11 is 0. The number of aryl methyl sites for hydroxylation is 1. The van der Waals surface area contributed by atoms with E-state index in [4.69, 9.17) is 15.1 Å². The average molecular weight is 581 g/mol. The molecule has 214 valence electrons. The van der Waals surface area contributed by atoms with Crippen molar-refractivity contribution in [3.63, 3.8) is 0 Å². The Labute approximate surface area is 245 Å². The number of rotatable bonds is 9. The summed E-state index contributed by atoms with van der Waals surface area (Å²) in [5.74, 6) is 2.16. The number of nitrogens with zero attached hydrogens (tertiary/aromatic N) is 5. The standard InChI is InChI=1S/C31H32N8O2S/c1-38-18-16-33-30(38)24-9-11-25(12-10-24)35-31-36-28-15-17-39(20-23-5-3-2-4-6-23)21-27(28)29(37-31)34-19-22-7-13-26(14-8-22)42(32,40)41/h2-14,16,18H,15,17,19-21H2,1H3,(H2,32,40,41)(H2,34,35,36,37). The SMILES string of the molecule is Cn1ccnc1-c1ccc(Nc2nc3c(c(NCc4ccc(S(N)(=O)=O)cc4)n2)CN(Cc2ccccc2)CC3)cc1. The van der Waals surface area contributed by atoms with Crippen LogP contribution in [0.25, 0.3) is 11.4 Å². The molecule has 10 nitrogen and oxygen atoms in total. The molecule has 0 aliphatic carbocycles. The maximum Gasteiger partial charge on any atom is 0.238 e. The van der Waals surface area contributed by atoms with E-state index in [0.717, 1.165) is 65.8 Å². The third-order valence-electron chi connectivity index (χ3n) is 7.32. The van der Waals surface area contributed by atoms with Crippen LogP contribution in [0.2, 0.25) is 0 Å². The normalized spacial score (nSPS) is 13.5. The van der Waals surface area contributed by atoms with E-state index in [1.165, 1.54) is 17.7 Å². The van der Waals surface area contributed by atoms with Crippen molar-refractivity contribution in [3.8, 4) is 11.4 Å². The minimum absolute atomic E-state index is 0.0858. The first-order chi connectivity index (χ1) is 20.3. The Morgan fingerprint density at radius 1 is 0.929 bits per heavy atom. The molecule has 11 heteroatoms. The van der Waals surface area contributed by atoms with Gasteiger partial charge in [-0.25, -0.2) is 23.5 Å². The lowest BCUT2D eigenvalue weighted by molar-refractivity contribution is 0.243. The molecule has 0 saturated carbocycles. The van der Waals surface area contributed by atoms with E-state index in [-0.39, 0.29) is 4.90 Å². The summed E-state index contributed by atoms with van der Waals surface area (Å²) in [6, 6.07) is 25.0. The molecule has 3 heterocycles. The third kappa shape index (κ3) is 6.33. The van der Waals surface area contributed by atoms with E-state index >= 15 is 0 Å². The molecule has 42 heavy (non-hydrogen) atoms. The van der Waals surface area contributed by atoms with E-state index in [9.17, 15) is 8.42 Å². The molecule has 0 unspecified atom stereocenters. The highest BCUT2D eigenvalue weighted by Crippen LogP contribution is 2.28. The summed E-state index contributed by atoms with van der Waals surface area (Å²) in [7, 11) is -1.77. The summed E-state index contributed by atoms with van der Waals surface area (Å²) in [6.07, 6.45) is 4.51. The number of nitrogens with two attached hydrogens (primary N) is 1. The van der Waals surface area contributed by atoms with Gasteiger partial charge < -0.3 is 15.2 Å². The van der Waals surface area contributed by atoms with Gasteiger partial charge >= 0.3 is 0 Å². The lowest BCUT2D eigenvalue weighted by Gasteiger charge is -2.30. The number of sulfonamides is 1. The van der Waals surface area contributed by atoms with E-state index in [0.29, 0.717) is 12.5 Å². The van der Waals surface area contributed by atoms with Crippen LogP contribution in [0.1, 0.15) is 22.4 Å². The van der Waals surface area contributed by atoms with E-state index in [2.05, 4.69) is 44.8 Å². The predicted molar refractivity (Wildman–Crippen MR) is 163 cm³/mol. The molecule has 1 aliphatic rings. The van der Waals surface area contributed by atoms with Crippen LogP contribution in [0.3, 0.4) is 0 Å². The molecule has 0 amide bonds. The molecule has 0 fully saturated rings. The number of aromatic nitrogens is 4. The van der Waals surface area contributed by atoms with Crippen LogP contribution < -0.4 is 15.8 Å². The van der Waals surface area contributed by atoms with Crippen LogP contribution in [0.4, 0.5) is 17.5 Å². The lowest BCUT2D eigenvalue weighted by Crippen LogP contribution is -2.32. The van der Waals surface area contributed by atoms with Gasteiger partial charge in [0.05, 0.1) is 10.6 Å². The number of imidazole rings is 1. The van der Waals surface area contributed by atoms with Crippen LogP contribution in [-0.4, -0.2) is 39.4 Å². The smallest absolute Gasteiger partial charge is 0.238 e. The first-order valence-corrected chi connectivity index (χ1v) is 15.2. The number of hydrogen-bond donors (Lipinski definition) is 3. The van der Waals surface area contributed by atoms with Gasteiger partial charge in [-0.1, -0.05) is 42.5 Å². The Balaban J connectivity index is 1.25. The zero-order chi connectivity index (χ0) is 29.1. The van der Waals surface area contributed by atoms with Crippen molar-refractivity contribution in [2.45, 2.75) is 31.0 Å². The zero-order valence-electron chi connectivity index (χ0n) is 23.2. The highest BCUT2D eigenvalue weighted by Gasteiger charge is 2.23. The lowest BCUT2D eigenvalue weighted by atomic mass is 10.0. The molecule has 0 radical (unpaired) electrons. The third-order valence-corrected chi connectivity index (χ3v) is 8.25. The maximum atomic E-state index is 11.7. The quantitative estimate of drug-likeness (QED) is 0.233. The molecule has 5 aromatic rings. The Hall–Kier alpha value is -4.58. The van der Waals surface area contributed by atoms with Gasteiger partial charge in [-0.05, 0) is 47.5 Å². The van der Waals surface area contributed by atoms with Crippen molar-refractivity contribution in [1.29, 1.82) is 0 Å². The molecule has 0 bridgehead atoms. The van der Waals surface area contributed by atoms with Gasteiger partial charge in [-0.2, -0.15) is 4.98 Å². The highest BCUT2D eigenvalue weighted by molar-refractivity contribution is 7.89. The van der Waals surface area contributed by atoms with Crippen LogP contribution in [0, 0.1) is 0 Å². The van der Waals surface area contributed by atoms with Gasteiger partial charge in [-0.3, -0.25) is 4.90 Å². The summed E-state index contributed by atoms with van der Waals surface area (Å²) in [5, 5.41) is 12.1. The molecule has 0 saturated heterocycles. The molecule has 3 aromatic carbocycles. The number of primary sulfonamides is 1. The second-order valence-electron chi connectivity index (χ2n) is 10.4. The molecule has 0 spiro atoms. The molecule has 4 N–H and O–H groups in total. The van der Waals surface area contributed by atoms with Crippen LogP contribution in [-0.2, 0) is 43.1 Å². The van der Waals surface area contributed by atoms with Crippen LogP contribution >= 0.6 is 0 Å². The fraction of sp³-hybridized carbons (Fsp3) is 0.194. The predicted octanol–water partition coefficient (Wildman–Crippen LogP) is 4.44. The number of benzene rings is 3. The van der Waals surface area contributed by atoms with Crippen molar-refractivity contribution in [2.75, 3.05) is 17.2 Å². The number of nitrogens with one attached hydrogen (secondary N) is 2. The Morgan fingerprint density at radius 3 is 2.38 bits per heavy atom. The Morgan fingerprint density at radius 2 is 1.69 bits per heavy atom. The van der Waals surface area contributed by atoms with Gasteiger partial charge in [0.1, 0.15) is 11.6 Å². The monoisotopic (exact) mass is 580 g/mol. The van der Waals surface area contributed by atoms with E-state index in [1.54, 1.807) is 18.3 Å². The Kier molecular flexibility index (Phi) is 7.70. The first kappa shape index (κ1) is 27.6. The van der Waals surface area contributed by atoms with Crippen molar-refractivity contribution < 1.29 is 8.42 Å². The molecule has 1 aliphatic heterocycles. The van der Waals surface area contributed by atoms with Crippen molar-refractivity contribution in [3.05, 3.63) is 114 Å². The second-order valence-corrected chi connectivity index (χ2v) is 11.9. The van der Waals surface area contributed by atoms with Gasteiger partial charge in [0.2, 0.25) is 16.0 Å². The molecule has 0 atom stereocenters. The van der Waals surface area contributed by atoms with Gasteiger partial charge in [0.25, 0.3) is 0 Å². The minimum atomic E-state index is -3.74. The topological polar surface area (TPSA) is 131 Å². The molecular weight excluding hydrogens is 548 g/mol. The zero-order valence-corrected chi connectivity index (χ0v) is 24.1. The first-order valence-electron chi connectivity index (χ1n) is 13.7. The van der Waals surface area contributed by atoms with Crippen LogP contribution in [0.5, 0.6) is 0 Å². The van der Waals surface area contributed by atoms with Crippen molar-refractivity contribution in [1.82, 2.24) is 24.4 Å². The van der Waals surface area contributed by atoms with Gasteiger partial charge in [0.15, 0.2) is 0 Å². The summed E-state index contributed by atoms with van der Waals surface area (Å²) in [6.45, 7) is 2.92. The highest BCUT2D eigenvalue weighted by atomic mass is 32.2. The van der Waals surface area contributed by atoms with Crippen LogP contribution in [0.15, 0.2) is 96.2 Å². The maximum absolute atomic E-state index is 11.7. The molecule has 6 rings (SSSR count). The minimum Gasteiger partial charge on any atom is -0.366 e. The van der Waals surface area contributed by atoms with Crippen molar-refractivity contribution in [2.24, 2.45) is 12.2 Å². The summed E-state index contributed by atoms with van der Waals surface area (Å²) in [4.78, 5) is 16.7. The number of hydrogen-bond acceptors (Lipinski definition) is 8. The summed E-state index contributed by atoms with van der Waals surface area (Å²) in [5.41, 5.74) is 6.14. The average Bonchev–Trinajstić information content (AvgIpc) is 3.42. The fourth-order valence-electron chi connectivity index (χ4n) is 5.11. The van der Waals surface area contributed by atoms with E-state index < -0.39 is 10.0 Å². The van der Waals surface area contributed by atoms with E-state index in [1.807, 2.05) is 48.1 Å². The van der Waals surface area contributed by atoms with Gasteiger partial charge in [-0.15, -0.1) is 0 Å². The second kappa shape index (κ2) is 11.7. The fourth-order valence-corrected chi connectivity index (χ4v) is 5.62. The Bertz CT molecular complexity index is 1790. The largest absolute Gasteiger partial charge is 0.366 e. The number of anilines is 3. The summed E-state index contributed by atoms with van der Waals surface area (Å²) < 4.78 is 25.3. The van der Waals surface area contributed by atoms with Gasteiger partial charge in [0, 0.05) is 68.9 Å². The number of fused-ring (bicyclic) bond motifs is 1. The molecule has 2 aromatic heterocycles. The van der Waals surface area contributed by atoms with Crippen molar-refractivity contribution >= 4 is 27.5 Å². The molecular formula is C31H32N8O2S.